The highest BCUT2D eigenvalue weighted by molar-refractivity contribution is 14.0. The molecule has 0 radical (unpaired) electrons. The van der Waals surface area contributed by atoms with Crippen LogP contribution in [-0.2, 0) is 6.54 Å². The van der Waals surface area contributed by atoms with Gasteiger partial charge < -0.3 is 10.2 Å². The Morgan fingerprint density at radius 3 is 2.81 bits per heavy atom. The molecule has 1 N–H and O–H groups in total. The van der Waals surface area contributed by atoms with E-state index in [1.165, 1.54) is 24.1 Å². The molecule has 0 saturated carbocycles. The van der Waals surface area contributed by atoms with Crippen LogP contribution in [0.2, 0.25) is 0 Å². The van der Waals surface area contributed by atoms with Crippen LogP contribution in [0.25, 0.3) is 0 Å². The lowest BCUT2D eigenvalue weighted by Crippen LogP contribution is -2.38. The number of unbranched alkanes of at least 4 members (excludes halogenated alkanes) is 3. The highest BCUT2D eigenvalue weighted by Crippen LogP contribution is 2.11. The van der Waals surface area contributed by atoms with Gasteiger partial charge in [0.1, 0.15) is 0 Å². The zero-order valence-corrected chi connectivity index (χ0v) is 16.4. The third-order valence-electron chi connectivity index (χ3n) is 3.23. The first kappa shape index (κ1) is 20.4. The van der Waals surface area contributed by atoms with Crippen LogP contribution in [-0.4, -0.2) is 36.5 Å². The number of aromatic nitrogens is 1. The van der Waals surface area contributed by atoms with E-state index in [1.54, 1.807) is 11.3 Å². The van der Waals surface area contributed by atoms with Crippen molar-refractivity contribution in [3.63, 3.8) is 0 Å². The van der Waals surface area contributed by atoms with E-state index in [9.17, 15) is 0 Å². The van der Waals surface area contributed by atoms with Crippen LogP contribution in [0.3, 0.4) is 0 Å². The van der Waals surface area contributed by atoms with Gasteiger partial charge in [-0.1, -0.05) is 12.5 Å². The van der Waals surface area contributed by atoms with Crippen LogP contribution >= 0.6 is 35.3 Å². The molecule has 120 valence electrons. The van der Waals surface area contributed by atoms with E-state index in [4.69, 9.17) is 0 Å². The zero-order chi connectivity index (χ0) is 14.8. The summed E-state index contributed by atoms with van der Waals surface area (Å²) >= 11 is 1.68. The van der Waals surface area contributed by atoms with E-state index in [1.807, 2.05) is 25.6 Å². The highest BCUT2D eigenvalue weighted by atomic mass is 127. The molecule has 0 fully saturated rings. The first-order valence-electron chi connectivity index (χ1n) is 7.10. The number of nitrogens with zero attached hydrogens (tertiary/aromatic N) is 3. The fraction of sp³-hybridized carbons (Fsp3) is 0.600. The van der Waals surface area contributed by atoms with Gasteiger partial charge in [0, 0.05) is 25.5 Å². The van der Waals surface area contributed by atoms with Crippen LogP contribution in [0.5, 0.6) is 0 Å². The van der Waals surface area contributed by atoms with Gasteiger partial charge >= 0.3 is 0 Å². The standard InChI is InChI=1S/C15H26N4S.HI/c1-5-6-7-8-9-10-19(4)15(16-3)17-11-14-13(2)18-12-20-14;/h5,12H,1,6-11H2,2-4H3,(H,16,17);1H. The maximum atomic E-state index is 4.33. The predicted octanol–water partition coefficient (Wildman–Crippen LogP) is 3.82. The quantitative estimate of drug-likeness (QED) is 0.228. The summed E-state index contributed by atoms with van der Waals surface area (Å²) in [5.74, 6) is 0.946. The van der Waals surface area contributed by atoms with E-state index < -0.39 is 0 Å². The largest absolute Gasteiger partial charge is 0.351 e. The molecule has 1 aromatic rings. The van der Waals surface area contributed by atoms with Gasteiger partial charge in [0.15, 0.2) is 5.96 Å². The van der Waals surface area contributed by atoms with Gasteiger partial charge in [0.05, 0.1) is 17.7 Å². The molecular weight excluding hydrogens is 395 g/mol. The second-order valence-corrected chi connectivity index (χ2v) is 5.76. The summed E-state index contributed by atoms with van der Waals surface area (Å²) in [6.45, 7) is 7.61. The molecule has 0 atom stereocenters. The Kier molecular flexibility index (Phi) is 11.6. The number of halogens is 1. The Hall–Kier alpha value is -0.630. The molecule has 0 aromatic carbocycles. The summed E-state index contributed by atoms with van der Waals surface area (Å²) in [6.07, 6.45) is 6.75. The number of aryl methyl sites for hydroxylation is 1. The summed E-state index contributed by atoms with van der Waals surface area (Å²) in [4.78, 5) is 12.0. The van der Waals surface area contributed by atoms with Gasteiger partial charge in [-0.2, -0.15) is 0 Å². The van der Waals surface area contributed by atoms with Crippen molar-refractivity contribution in [3.05, 3.63) is 28.7 Å². The topological polar surface area (TPSA) is 40.5 Å². The molecule has 21 heavy (non-hydrogen) atoms. The van der Waals surface area contributed by atoms with Crippen LogP contribution in [0.1, 0.15) is 36.3 Å². The Morgan fingerprint density at radius 1 is 1.48 bits per heavy atom. The molecule has 0 bridgehead atoms. The lowest BCUT2D eigenvalue weighted by Gasteiger charge is -2.21. The van der Waals surface area contributed by atoms with Gasteiger partial charge in [-0.15, -0.1) is 41.9 Å². The zero-order valence-electron chi connectivity index (χ0n) is 13.3. The van der Waals surface area contributed by atoms with Crippen molar-refractivity contribution < 1.29 is 0 Å². The SMILES string of the molecule is C=CCCCCCN(C)C(=NC)NCc1scnc1C.I. The van der Waals surface area contributed by atoms with E-state index >= 15 is 0 Å². The fourth-order valence-electron chi connectivity index (χ4n) is 1.96. The molecular formula is C15H27IN4S. The molecule has 6 heteroatoms. The van der Waals surface area contributed by atoms with E-state index in [0.29, 0.717) is 0 Å². The fourth-order valence-corrected chi connectivity index (χ4v) is 2.68. The van der Waals surface area contributed by atoms with Gasteiger partial charge in [0.2, 0.25) is 0 Å². The normalized spacial score (nSPS) is 10.9. The van der Waals surface area contributed by atoms with E-state index in [2.05, 4.69) is 33.8 Å². The minimum absolute atomic E-state index is 0. The van der Waals surface area contributed by atoms with E-state index in [-0.39, 0.29) is 24.0 Å². The Balaban J connectivity index is 0.00000400. The van der Waals surface area contributed by atoms with Gasteiger partial charge in [0.25, 0.3) is 0 Å². The maximum absolute atomic E-state index is 4.33. The monoisotopic (exact) mass is 422 g/mol. The molecule has 0 aliphatic heterocycles. The molecule has 0 saturated heterocycles. The number of thiazole rings is 1. The number of allylic oxidation sites excluding steroid dienone is 1. The number of aliphatic imine (C=N–C) groups is 1. The number of guanidine groups is 1. The van der Waals surface area contributed by atoms with Crippen molar-refractivity contribution in [2.75, 3.05) is 20.6 Å². The molecule has 0 aliphatic rings. The van der Waals surface area contributed by atoms with Crippen molar-refractivity contribution in [1.82, 2.24) is 15.2 Å². The molecule has 0 spiro atoms. The molecule has 4 nitrogen and oxygen atoms in total. The lowest BCUT2D eigenvalue weighted by atomic mass is 10.2. The maximum Gasteiger partial charge on any atom is 0.193 e. The van der Waals surface area contributed by atoms with Crippen molar-refractivity contribution in [2.45, 2.75) is 39.2 Å². The Labute approximate surface area is 149 Å². The van der Waals surface area contributed by atoms with Crippen molar-refractivity contribution >= 4 is 41.3 Å². The number of nitrogens with one attached hydrogen (secondary N) is 1. The summed E-state index contributed by atoms with van der Waals surface area (Å²) in [5.41, 5.74) is 2.99. The first-order valence-corrected chi connectivity index (χ1v) is 7.98. The predicted molar refractivity (Wildman–Crippen MR) is 104 cm³/mol. The first-order chi connectivity index (χ1) is 9.69. The molecule has 1 rings (SSSR count). The van der Waals surface area contributed by atoms with Crippen molar-refractivity contribution in [2.24, 2.45) is 4.99 Å². The summed E-state index contributed by atoms with van der Waals surface area (Å²) in [5, 5.41) is 3.39. The third kappa shape index (κ3) is 7.80. The minimum Gasteiger partial charge on any atom is -0.351 e. The van der Waals surface area contributed by atoms with Crippen LogP contribution in [0, 0.1) is 6.92 Å². The number of hydrogen-bond donors (Lipinski definition) is 1. The third-order valence-corrected chi connectivity index (χ3v) is 4.16. The van der Waals surface area contributed by atoms with Crippen molar-refractivity contribution in [3.8, 4) is 0 Å². The van der Waals surface area contributed by atoms with Gasteiger partial charge in [-0.25, -0.2) is 4.98 Å². The number of hydrogen-bond acceptors (Lipinski definition) is 3. The molecule has 1 heterocycles. The van der Waals surface area contributed by atoms with Gasteiger partial charge in [-0.05, 0) is 26.2 Å². The average molecular weight is 422 g/mol. The van der Waals surface area contributed by atoms with E-state index in [0.717, 1.165) is 31.2 Å². The van der Waals surface area contributed by atoms with Crippen LogP contribution < -0.4 is 5.32 Å². The second-order valence-electron chi connectivity index (χ2n) is 4.82. The average Bonchev–Trinajstić information content (AvgIpc) is 2.85. The highest BCUT2D eigenvalue weighted by Gasteiger charge is 2.07. The molecule has 0 unspecified atom stereocenters. The molecule has 1 aromatic heterocycles. The second kappa shape index (κ2) is 12.0. The Bertz CT molecular complexity index is 431. The van der Waals surface area contributed by atoms with Crippen molar-refractivity contribution in [1.29, 1.82) is 0 Å². The van der Waals surface area contributed by atoms with Gasteiger partial charge in [-0.3, -0.25) is 4.99 Å². The summed E-state index contributed by atoms with van der Waals surface area (Å²) in [6, 6.07) is 0. The summed E-state index contributed by atoms with van der Waals surface area (Å²) in [7, 11) is 3.92. The smallest absolute Gasteiger partial charge is 0.193 e. The molecule has 0 amide bonds. The Morgan fingerprint density at radius 2 is 2.24 bits per heavy atom. The number of rotatable bonds is 8. The lowest BCUT2D eigenvalue weighted by molar-refractivity contribution is 0.455. The van der Waals surface area contributed by atoms with Crippen LogP contribution in [0.4, 0.5) is 0 Å². The minimum atomic E-state index is 0. The molecule has 0 aliphatic carbocycles. The van der Waals surface area contributed by atoms with Crippen LogP contribution in [0.15, 0.2) is 23.2 Å². The summed E-state index contributed by atoms with van der Waals surface area (Å²) < 4.78 is 0.